The first-order valence-corrected chi connectivity index (χ1v) is 9.40. The van der Waals surface area contributed by atoms with Crippen molar-refractivity contribution in [3.8, 4) is 28.4 Å². The van der Waals surface area contributed by atoms with Crippen molar-refractivity contribution in [2.75, 3.05) is 19.5 Å². The van der Waals surface area contributed by atoms with Crippen molar-refractivity contribution in [1.29, 1.82) is 0 Å². The first-order valence-electron chi connectivity index (χ1n) is 9.40. The van der Waals surface area contributed by atoms with Crippen LogP contribution >= 0.6 is 0 Å². The van der Waals surface area contributed by atoms with Crippen molar-refractivity contribution in [2.45, 2.75) is 0 Å². The summed E-state index contributed by atoms with van der Waals surface area (Å²) in [5, 5.41) is 13.0. The maximum absolute atomic E-state index is 12.7. The van der Waals surface area contributed by atoms with E-state index in [4.69, 9.17) is 13.9 Å². The number of carbonyl (C=O) groups excluding carboxylic acids is 1. The Morgan fingerprint density at radius 1 is 0.968 bits per heavy atom. The van der Waals surface area contributed by atoms with Crippen molar-refractivity contribution in [3.63, 3.8) is 0 Å². The summed E-state index contributed by atoms with van der Waals surface area (Å²) in [6.07, 6.45) is 0. The average molecular weight is 417 g/mol. The van der Waals surface area contributed by atoms with Crippen molar-refractivity contribution in [1.82, 2.24) is 0 Å². The number of para-hydroxylation sites is 1. The van der Waals surface area contributed by atoms with E-state index in [2.05, 4.69) is 5.32 Å². The lowest BCUT2D eigenvalue weighted by molar-refractivity contribution is 0.102. The van der Waals surface area contributed by atoms with E-state index in [-0.39, 0.29) is 16.9 Å². The molecule has 0 aliphatic heterocycles. The molecule has 1 heterocycles. The fraction of sp³-hybridized carbons (Fsp3) is 0.0833. The van der Waals surface area contributed by atoms with Crippen molar-refractivity contribution < 1.29 is 23.8 Å². The molecule has 0 atom stereocenters. The van der Waals surface area contributed by atoms with Gasteiger partial charge in [-0.15, -0.1) is 0 Å². The smallest absolute Gasteiger partial charge is 0.349 e. The standard InChI is InChI=1S/C24H19NO6/c1-29-17-9-10-18(21(13-17)30-2)14-5-3-7-16(11-14)25-23(27)19-12-15-6-4-8-20(26)22(15)31-24(19)28/h3-13,26H,1-2H3,(H,25,27). The maximum atomic E-state index is 12.7. The zero-order chi connectivity index (χ0) is 22.0. The molecule has 7 nitrogen and oxygen atoms in total. The number of aromatic hydroxyl groups is 1. The van der Waals surface area contributed by atoms with Crippen LogP contribution in [0.5, 0.6) is 17.2 Å². The molecule has 3 aromatic carbocycles. The Kier molecular flexibility index (Phi) is 5.32. The second-order valence-electron chi connectivity index (χ2n) is 6.74. The number of anilines is 1. The summed E-state index contributed by atoms with van der Waals surface area (Å²) in [5.41, 5.74) is 1.17. The predicted molar refractivity (Wildman–Crippen MR) is 117 cm³/mol. The largest absolute Gasteiger partial charge is 0.504 e. The Hall–Kier alpha value is -4.26. The van der Waals surface area contributed by atoms with Crippen molar-refractivity contribution in [2.24, 2.45) is 0 Å². The number of rotatable bonds is 5. The lowest BCUT2D eigenvalue weighted by atomic mass is 10.0. The molecular weight excluding hydrogens is 398 g/mol. The molecule has 1 aromatic heterocycles. The highest BCUT2D eigenvalue weighted by Crippen LogP contribution is 2.34. The Morgan fingerprint density at radius 2 is 1.77 bits per heavy atom. The van der Waals surface area contributed by atoms with Crippen molar-refractivity contribution >= 4 is 22.6 Å². The fourth-order valence-electron chi connectivity index (χ4n) is 3.29. The molecule has 1 amide bonds. The van der Waals surface area contributed by atoms with Crippen LogP contribution in [0.4, 0.5) is 5.69 Å². The van der Waals surface area contributed by atoms with E-state index in [0.717, 1.165) is 11.1 Å². The van der Waals surface area contributed by atoms with Gasteiger partial charge in [-0.2, -0.15) is 0 Å². The summed E-state index contributed by atoms with van der Waals surface area (Å²) < 4.78 is 15.8. The third-order valence-electron chi connectivity index (χ3n) is 4.82. The molecule has 0 aliphatic carbocycles. The third-order valence-corrected chi connectivity index (χ3v) is 4.82. The van der Waals surface area contributed by atoms with Gasteiger partial charge in [0.15, 0.2) is 11.3 Å². The SMILES string of the molecule is COc1ccc(-c2cccc(NC(=O)c3cc4cccc(O)c4oc3=O)c2)c(OC)c1. The molecule has 2 N–H and O–H groups in total. The number of hydrogen-bond acceptors (Lipinski definition) is 6. The van der Waals surface area contributed by atoms with Gasteiger partial charge in [-0.25, -0.2) is 4.79 Å². The maximum Gasteiger partial charge on any atom is 0.349 e. The highest BCUT2D eigenvalue weighted by molar-refractivity contribution is 6.06. The lowest BCUT2D eigenvalue weighted by Crippen LogP contribution is -2.20. The first kappa shape index (κ1) is 20.0. The van der Waals surface area contributed by atoms with Crippen LogP contribution in [0.1, 0.15) is 10.4 Å². The molecule has 4 aromatic rings. The predicted octanol–water partition coefficient (Wildman–Crippen LogP) is 4.44. The van der Waals surface area contributed by atoms with Crippen LogP contribution in [-0.2, 0) is 0 Å². The molecule has 0 radical (unpaired) electrons. The molecule has 4 rings (SSSR count). The fourth-order valence-corrected chi connectivity index (χ4v) is 3.29. The van der Waals surface area contributed by atoms with E-state index >= 15 is 0 Å². The number of phenols is 1. The Labute approximate surface area is 177 Å². The minimum atomic E-state index is -0.834. The van der Waals surface area contributed by atoms with Crippen LogP contribution in [0.25, 0.3) is 22.1 Å². The number of benzene rings is 3. The Balaban J connectivity index is 1.66. The van der Waals surface area contributed by atoms with Crippen LogP contribution in [0.15, 0.2) is 75.9 Å². The summed E-state index contributed by atoms with van der Waals surface area (Å²) >= 11 is 0. The first-order chi connectivity index (χ1) is 15.0. The number of nitrogens with one attached hydrogen (secondary N) is 1. The van der Waals surface area contributed by atoms with Gasteiger partial charge in [-0.1, -0.05) is 24.3 Å². The zero-order valence-electron chi connectivity index (χ0n) is 16.8. The molecule has 7 heteroatoms. The van der Waals surface area contributed by atoms with Gasteiger partial charge in [0.1, 0.15) is 17.1 Å². The van der Waals surface area contributed by atoms with Gasteiger partial charge >= 0.3 is 5.63 Å². The van der Waals surface area contributed by atoms with Gasteiger partial charge in [0.2, 0.25) is 0 Å². The van der Waals surface area contributed by atoms with Gasteiger partial charge in [-0.3, -0.25) is 4.79 Å². The highest BCUT2D eigenvalue weighted by Gasteiger charge is 2.16. The van der Waals surface area contributed by atoms with E-state index in [0.29, 0.717) is 22.6 Å². The molecule has 0 saturated carbocycles. The highest BCUT2D eigenvalue weighted by atomic mass is 16.5. The summed E-state index contributed by atoms with van der Waals surface area (Å²) in [6.45, 7) is 0. The molecule has 0 aliphatic rings. The minimum absolute atomic E-state index is 0.0395. The normalized spacial score (nSPS) is 10.6. The lowest BCUT2D eigenvalue weighted by Gasteiger charge is -2.12. The molecule has 0 saturated heterocycles. The van der Waals surface area contributed by atoms with Gasteiger partial charge in [-0.05, 0) is 42.0 Å². The molecule has 0 spiro atoms. The van der Waals surface area contributed by atoms with Crippen LogP contribution in [0, 0.1) is 0 Å². The summed E-state index contributed by atoms with van der Waals surface area (Å²) in [5.74, 6) is 0.512. The summed E-state index contributed by atoms with van der Waals surface area (Å²) in [7, 11) is 3.15. The Morgan fingerprint density at radius 3 is 2.55 bits per heavy atom. The van der Waals surface area contributed by atoms with E-state index in [1.165, 1.54) is 12.1 Å². The van der Waals surface area contributed by atoms with Crippen LogP contribution in [-0.4, -0.2) is 25.2 Å². The van der Waals surface area contributed by atoms with Crippen molar-refractivity contribution in [3.05, 3.63) is 82.7 Å². The van der Waals surface area contributed by atoms with Crippen LogP contribution < -0.4 is 20.4 Å². The van der Waals surface area contributed by atoms with Gasteiger partial charge in [0.25, 0.3) is 5.91 Å². The van der Waals surface area contributed by atoms with E-state index in [1.807, 2.05) is 18.2 Å². The number of hydrogen-bond donors (Lipinski definition) is 2. The zero-order valence-corrected chi connectivity index (χ0v) is 16.8. The van der Waals surface area contributed by atoms with E-state index < -0.39 is 11.5 Å². The molecule has 0 fully saturated rings. The molecule has 156 valence electrons. The van der Waals surface area contributed by atoms with E-state index in [9.17, 15) is 14.7 Å². The number of amides is 1. The minimum Gasteiger partial charge on any atom is -0.504 e. The average Bonchev–Trinajstić information content (AvgIpc) is 2.79. The van der Waals surface area contributed by atoms with Gasteiger partial charge < -0.3 is 24.3 Å². The molecule has 0 unspecified atom stereocenters. The van der Waals surface area contributed by atoms with Gasteiger partial charge in [0, 0.05) is 22.7 Å². The van der Waals surface area contributed by atoms with Crippen LogP contribution in [0.3, 0.4) is 0 Å². The van der Waals surface area contributed by atoms with Crippen LogP contribution in [0.2, 0.25) is 0 Å². The van der Waals surface area contributed by atoms with Gasteiger partial charge in [0.05, 0.1) is 14.2 Å². The summed E-state index contributed by atoms with van der Waals surface area (Å²) in [4.78, 5) is 25.0. The summed E-state index contributed by atoms with van der Waals surface area (Å²) in [6, 6.07) is 18.7. The monoisotopic (exact) mass is 417 g/mol. The topological polar surface area (TPSA) is 98.0 Å². The number of carbonyl (C=O) groups is 1. The number of fused-ring (bicyclic) bond motifs is 1. The quantitative estimate of drug-likeness (QED) is 0.466. The number of methoxy groups -OCH3 is 2. The second-order valence-corrected chi connectivity index (χ2v) is 6.74. The number of ether oxygens (including phenoxy) is 2. The Bertz CT molecular complexity index is 1340. The molecule has 31 heavy (non-hydrogen) atoms. The second kappa shape index (κ2) is 8.23. The molecule has 0 bridgehead atoms. The number of phenolic OH excluding ortho intramolecular Hbond substituents is 1. The molecular formula is C24H19NO6. The third kappa shape index (κ3) is 3.93. The van der Waals surface area contributed by atoms with E-state index in [1.54, 1.807) is 50.6 Å².